The molecule has 20 heavy (non-hydrogen) atoms. The molecule has 2 aliphatic rings. The summed E-state index contributed by atoms with van der Waals surface area (Å²) in [7, 11) is 0. The van der Waals surface area contributed by atoms with Crippen LogP contribution in [0.4, 0.5) is 0 Å². The van der Waals surface area contributed by atoms with Gasteiger partial charge in [-0.15, -0.1) is 11.3 Å². The molecule has 1 aromatic heterocycles. The first-order valence-corrected chi connectivity index (χ1v) is 9.10. The Morgan fingerprint density at radius 3 is 2.35 bits per heavy atom. The molecule has 0 unspecified atom stereocenters. The number of rotatable bonds is 2. The lowest BCUT2D eigenvalue weighted by Gasteiger charge is -2.20. The van der Waals surface area contributed by atoms with Crippen LogP contribution in [0.3, 0.4) is 0 Å². The van der Waals surface area contributed by atoms with E-state index in [1.807, 2.05) is 0 Å². The van der Waals surface area contributed by atoms with Gasteiger partial charge < -0.3 is 4.90 Å². The van der Waals surface area contributed by atoms with Crippen LogP contribution in [0.25, 0.3) is 0 Å². The second kappa shape index (κ2) is 6.75. The summed E-state index contributed by atoms with van der Waals surface area (Å²) in [6.45, 7) is 1.90. The quantitative estimate of drug-likeness (QED) is 0.765. The van der Waals surface area contributed by atoms with Crippen LogP contribution >= 0.6 is 11.3 Å². The van der Waals surface area contributed by atoms with E-state index in [2.05, 4.69) is 16.3 Å². The van der Waals surface area contributed by atoms with Crippen molar-refractivity contribution in [3.8, 4) is 0 Å². The molecule has 1 amide bonds. The van der Waals surface area contributed by atoms with Crippen molar-refractivity contribution in [3.05, 3.63) is 21.9 Å². The summed E-state index contributed by atoms with van der Waals surface area (Å²) in [5, 5.41) is 2.09. The average Bonchev–Trinajstić information content (AvgIpc) is 2.83. The number of amides is 1. The highest BCUT2D eigenvalue weighted by Gasteiger charge is 2.22. The smallest absolute Gasteiger partial charge is 0.254 e. The molecule has 0 aromatic carbocycles. The van der Waals surface area contributed by atoms with Crippen LogP contribution in [-0.2, 0) is 0 Å². The third kappa shape index (κ3) is 3.25. The Bertz CT molecular complexity index is 440. The van der Waals surface area contributed by atoms with Crippen molar-refractivity contribution in [2.45, 2.75) is 63.7 Å². The summed E-state index contributed by atoms with van der Waals surface area (Å²) >= 11 is 1.81. The third-order valence-electron chi connectivity index (χ3n) is 4.77. The lowest BCUT2D eigenvalue weighted by Crippen LogP contribution is -2.31. The van der Waals surface area contributed by atoms with Gasteiger partial charge in [-0.3, -0.25) is 4.79 Å². The lowest BCUT2D eigenvalue weighted by atomic mass is 9.88. The summed E-state index contributed by atoms with van der Waals surface area (Å²) in [6.07, 6.45) is 11.6. The summed E-state index contributed by atoms with van der Waals surface area (Å²) in [4.78, 5) is 16.1. The molecular weight excluding hydrogens is 266 g/mol. The van der Waals surface area contributed by atoms with Gasteiger partial charge >= 0.3 is 0 Å². The summed E-state index contributed by atoms with van der Waals surface area (Å²) in [5.41, 5.74) is 0.942. The molecule has 1 saturated carbocycles. The molecule has 0 radical (unpaired) electrons. The molecule has 2 heterocycles. The first-order chi connectivity index (χ1) is 9.84. The Hall–Kier alpha value is -0.830. The summed E-state index contributed by atoms with van der Waals surface area (Å²) in [6, 6.07) is 2.19. The molecular formula is C17H25NOS. The van der Waals surface area contributed by atoms with Gasteiger partial charge in [0.1, 0.15) is 0 Å². The molecule has 3 heteroatoms. The van der Waals surface area contributed by atoms with Crippen molar-refractivity contribution in [1.82, 2.24) is 4.90 Å². The number of hydrogen-bond donors (Lipinski definition) is 0. The molecule has 1 aromatic rings. The molecule has 1 saturated heterocycles. The van der Waals surface area contributed by atoms with Gasteiger partial charge in [0.15, 0.2) is 0 Å². The van der Waals surface area contributed by atoms with Crippen LogP contribution in [0.1, 0.15) is 78.9 Å². The zero-order valence-electron chi connectivity index (χ0n) is 12.3. The molecule has 0 bridgehead atoms. The Morgan fingerprint density at radius 2 is 1.65 bits per heavy atom. The summed E-state index contributed by atoms with van der Waals surface area (Å²) < 4.78 is 0. The fourth-order valence-corrected chi connectivity index (χ4v) is 4.58. The number of likely N-dealkylation sites (tertiary alicyclic amines) is 1. The fourth-order valence-electron chi connectivity index (χ4n) is 3.52. The van der Waals surface area contributed by atoms with Crippen LogP contribution in [0, 0.1) is 0 Å². The van der Waals surface area contributed by atoms with E-state index in [4.69, 9.17) is 0 Å². The number of carbonyl (C=O) groups excluding carboxylic acids is 1. The first-order valence-electron chi connectivity index (χ1n) is 8.22. The highest BCUT2D eigenvalue weighted by molar-refractivity contribution is 7.10. The van der Waals surface area contributed by atoms with E-state index >= 15 is 0 Å². The van der Waals surface area contributed by atoms with Crippen LogP contribution in [0.5, 0.6) is 0 Å². The number of nitrogens with zero attached hydrogens (tertiary/aromatic N) is 1. The second-order valence-corrected chi connectivity index (χ2v) is 7.22. The number of carbonyl (C=O) groups is 1. The molecule has 110 valence electrons. The van der Waals surface area contributed by atoms with E-state index in [-0.39, 0.29) is 5.91 Å². The fraction of sp³-hybridized carbons (Fsp3) is 0.706. The Kier molecular flexibility index (Phi) is 4.77. The van der Waals surface area contributed by atoms with Gasteiger partial charge in [0.25, 0.3) is 5.91 Å². The lowest BCUT2D eigenvalue weighted by molar-refractivity contribution is 0.0762. The number of thiophene rings is 1. The van der Waals surface area contributed by atoms with E-state index in [9.17, 15) is 4.79 Å². The maximum Gasteiger partial charge on any atom is 0.254 e. The normalized spacial score (nSPS) is 21.7. The average molecular weight is 291 g/mol. The molecule has 2 nitrogen and oxygen atoms in total. The van der Waals surface area contributed by atoms with Gasteiger partial charge in [-0.05, 0) is 37.7 Å². The molecule has 1 aliphatic carbocycles. The van der Waals surface area contributed by atoms with Crippen molar-refractivity contribution in [2.75, 3.05) is 13.1 Å². The van der Waals surface area contributed by atoms with Gasteiger partial charge in [-0.2, -0.15) is 0 Å². The molecule has 2 fully saturated rings. The topological polar surface area (TPSA) is 20.3 Å². The highest BCUT2D eigenvalue weighted by atomic mass is 32.1. The Morgan fingerprint density at radius 1 is 1.00 bits per heavy atom. The third-order valence-corrected chi connectivity index (χ3v) is 5.86. The number of hydrogen-bond acceptors (Lipinski definition) is 2. The van der Waals surface area contributed by atoms with Crippen LogP contribution in [0.2, 0.25) is 0 Å². The minimum atomic E-state index is 0.269. The molecule has 0 atom stereocenters. The molecule has 3 rings (SSSR count). The van der Waals surface area contributed by atoms with E-state index in [1.54, 1.807) is 11.3 Å². The van der Waals surface area contributed by atoms with Crippen molar-refractivity contribution in [1.29, 1.82) is 0 Å². The van der Waals surface area contributed by atoms with Gasteiger partial charge in [-0.1, -0.05) is 32.1 Å². The SMILES string of the molecule is O=C(c1csc(C2CCCCC2)c1)N1CCCCCC1. The van der Waals surface area contributed by atoms with Crippen LogP contribution in [-0.4, -0.2) is 23.9 Å². The van der Waals surface area contributed by atoms with E-state index in [0.29, 0.717) is 0 Å². The monoisotopic (exact) mass is 291 g/mol. The van der Waals surface area contributed by atoms with Crippen LogP contribution < -0.4 is 0 Å². The molecule has 0 spiro atoms. The zero-order valence-corrected chi connectivity index (χ0v) is 13.1. The van der Waals surface area contributed by atoms with E-state index < -0.39 is 0 Å². The minimum Gasteiger partial charge on any atom is -0.339 e. The standard InChI is InChI=1S/C17H25NOS/c19-17(18-10-6-1-2-7-11-18)15-12-16(20-13-15)14-8-4-3-5-9-14/h12-14H,1-11H2. The van der Waals surface area contributed by atoms with E-state index in [0.717, 1.165) is 24.6 Å². The van der Waals surface area contributed by atoms with Crippen molar-refractivity contribution in [3.63, 3.8) is 0 Å². The van der Waals surface area contributed by atoms with Gasteiger partial charge in [-0.25, -0.2) is 0 Å². The summed E-state index contributed by atoms with van der Waals surface area (Å²) in [5.74, 6) is 0.990. The zero-order chi connectivity index (χ0) is 13.8. The Balaban J connectivity index is 1.67. The highest BCUT2D eigenvalue weighted by Crippen LogP contribution is 2.36. The van der Waals surface area contributed by atoms with E-state index in [1.165, 1.54) is 62.7 Å². The first kappa shape index (κ1) is 14.1. The predicted molar refractivity (Wildman–Crippen MR) is 84.5 cm³/mol. The van der Waals surface area contributed by atoms with Gasteiger partial charge in [0.05, 0.1) is 5.56 Å². The maximum absolute atomic E-state index is 12.6. The molecule has 1 aliphatic heterocycles. The van der Waals surface area contributed by atoms with Crippen LogP contribution in [0.15, 0.2) is 11.4 Å². The van der Waals surface area contributed by atoms with Gasteiger partial charge in [0.2, 0.25) is 0 Å². The van der Waals surface area contributed by atoms with Crippen molar-refractivity contribution < 1.29 is 4.79 Å². The van der Waals surface area contributed by atoms with Gasteiger partial charge in [0, 0.05) is 23.3 Å². The molecule has 0 N–H and O–H groups in total. The maximum atomic E-state index is 12.6. The van der Waals surface area contributed by atoms with Crippen molar-refractivity contribution >= 4 is 17.2 Å². The Labute approximate surface area is 126 Å². The largest absolute Gasteiger partial charge is 0.339 e. The predicted octanol–water partition coefficient (Wildman–Crippen LogP) is 4.81. The second-order valence-electron chi connectivity index (χ2n) is 6.28. The minimum absolute atomic E-state index is 0.269. The van der Waals surface area contributed by atoms with Crippen molar-refractivity contribution in [2.24, 2.45) is 0 Å².